The highest BCUT2D eigenvalue weighted by molar-refractivity contribution is 7.88. The Morgan fingerprint density at radius 3 is 2.64 bits per heavy atom. The van der Waals surface area contributed by atoms with E-state index in [0.29, 0.717) is 19.6 Å². The molecule has 0 amide bonds. The summed E-state index contributed by atoms with van der Waals surface area (Å²) in [6.07, 6.45) is 2.10. The van der Waals surface area contributed by atoms with Crippen molar-refractivity contribution in [1.29, 1.82) is 0 Å². The van der Waals surface area contributed by atoms with Crippen LogP contribution < -0.4 is 5.32 Å². The molecule has 1 aliphatic rings. The van der Waals surface area contributed by atoms with Crippen LogP contribution in [0.3, 0.4) is 0 Å². The van der Waals surface area contributed by atoms with E-state index in [2.05, 4.69) is 5.32 Å². The molecule has 0 atom stereocenters. The first-order chi connectivity index (χ1) is 5.11. The van der Waals surface area contributed by atoms with Crippen molar-refractivity contribution in [2.24, 2.45) is 0 Å². The van der Waals surface area contributed by atoms with Gasteiger partial charge in [0.15, 0.2) is 0 Å². The zero-order valence-corrected chi connectivity index (χ0v) is 7.47. The molecule has 5 heteroatoms. The van der Waals surface area contributed by atoms with Gasteiger partial charge in [-0.2, -0.15) is 0 Å². The van der Waals surface area contributed by atoms with E-state index < -0.39 is 10.0 Å². The molecular formula is C6H13N2O2S. The van der Waals surface area contributed by atoms with Crippen LogP contribution in [0.1, 0.15) is 6.42 Å². The first kappa shape index (κ1) is 8.96. The predicted octanol–water partition coefficient (Wildman–Crippen LogP) is -0.744. The number of nitrogens with zero attached hydrogens (tertiary/aromatic N) is 2. The maximum Gasteiger partial charge on any atom is 0.211 e. The Morgan fingerprint density at radius 1 is 1.27 bits per heavy atom. The molecule has 0 bridgehead atoms. The van der Waals surface area contributed by atoms with Crippen LogP contribution in [0.5, 0.6) is 0 Å². The van der Waals surface area contributed by atoms with E-state index >= 15 is 0 Å². The van der Waals surface area contributed by atoms with Gasteiger partial charge < -0.3 is 0 Å². The second-order valence-electron chi connectivity index (χ2n) is 2.69. The average Bonchev–Trinajstić information content (AvgIpc) is 2.10. The quantitative estimate of drug-likeness (QED) is 0.529. The van der Waals surface area contributed by atoms with Gasteiger partial charge in [-0.3, -0.25) is 0 Å². The van der Waals surface area contributed by atoms with Gasteiger partial charge in [-0.05, 0) is 6.42 Å². The molecule has 0 spiro atoms. The van der Waals surface area contributed by atoms with Crippen LogP contribution in [-0.2, 0) is 10.0 Å². The molecular weight excluding hydrogens is 164 g/mol. The van der Waals surface area contributed by atoms with Crippen LogP contribution >= 0.6 is 0 Å². The molecule has 0 unspecified atom stereocenters. The van der Waals surface area contributed by atoms with Crippen LogP contribution in [0.4, 0.5) is 0 Å². The topological polar surface area (TPSA) is 51.5 Å². The van der Waals surface area contributed by atoms with Crippen molar-refractivity contribution in [3.05, 3.63) is 0 Å². The van der Waals surface area contributed by atoms with E-state index in [4.69, 9.17) is 0 Å². The van der Waals surface area contributed by atoms with Gasteiger partial charge in [-0.15, -0.1) is 0 Å². The maximum absolute atomic E-state index is 11.0. The fourth-order valence-corrected chi connectivity index (χ4v) is 1.97. The second-order valence-corrected chi connectivity index (χ2v) is 4.67. The van der Waals surface area contributed by atoms with Gasteiger partial charge in [0, 0.05) is 26.2 Å². The third-order valence-corrected chi connectivity index (χ3v) is 3.00. The van der Waals surface area contributed by atoms with Gasteiger partial charge in [-0.1, -0.05) is 0 Å². The maximum atomic E-state index is 11.0. The zero-order chi connectivity index (χ0) is 8.32. The molecule has 1 saturated heterocycles. The van der Waals surface area contributed by atoms with Crippen molar-refractivity contribution in [2.45, 2.75) is 6.42 Å². The molecule has 11 heavy (non-hydrogen) atoms. The Kier molecular flexibility index (Phi) is 2.86. The molecule has 0 saturated carbocycles. The van der Waals surface area contributed by atoms with E-state index in [-0.39, 0.29) is 0 Å². The van der Waals surface area contributed by atoms with Gasteiger partial charge in [-0.25, -0.2) is 18.0 Å². The van der Waals surface area contributed by atoms with E-state index in [0.717, 1.165) is 13.0 Å². The summed E-state index contributed by atoms with van der Waals surface area (Å²) in [7, 11) is -2.98. The average molecular weight is 177 g/mol. The summed E-state index contributed by atoms with van der Waals surface area (Å²) < 4.78 is 23.5. The molecule has 65 valence electrons. The van der Waals surface area contributed by atoms with Crippen molar-refractivity contribution in [3.8, 4) is 0 Å². The molecule has 4 nitrogen and oxygen atoms in total. The van der Waals surface area contributed by atoms with Crippen LogP contribution in [0.15, 0.2) is 0 Å². The summed E-state index contributed by atoms with van der Waals surface area (Å²) >= 11 is 0. The lowest BCUT2D eigenvalue weighted by atomic mass is 10.4. The molecule has 0 aromatic carbocycles. The lowest BCUT2D eigenvalue weighted by molar-refractivity contribution is 0.436. The molecule has 0 aromatic heterocycles. The Hall–Kier alpha value is -0.130. The van der Waals surface area contributed by atoms with E-state index in [9.17, 15) is 8.42 Å². The predicted molar refractivity (Wildman–Crippen MR) is 42.9 cm³/mol. The van der Waals surface area contributed by atoms with Crippen molar-refractivity contribution >= 4 is 10.0 Å². The summed E-state index contributed by atoms with van der Waals surface area (Å²) in [6.45, 7) is 2.63. The van der Waals surface area contributed by atoms with Crippen molar-refractivity contribution < 1.29 is 8.42 Å². The summed E-state index contributed by atoms with van der Waals surface area (Å²) in [5, 5.41) is 4.13. The summed E-state index contributed by atoms with van der Waals surface area (Å²) in [6, 6.07) is 0. The number of rotatable bonds is 1. The fraction of sp³-hybridized carbons (Fsp3) is 1.00. The molecule has 1 radical (unpaired) electrons. The van der Waals surface area contributed by atoms with Crippen LogP contribution in [-0.4, -0.2) is 45.2 Å². The molecule has 1 fully saturated rings. The highest BCUT2D eigenvalue weighted by atomic mass is 32.2. The summed E-state index contributed by atoms with van der Waals surface area (Å²) in [5.74, 6) is 0. The van der Waals surface area contributed by atoms with Crippen LogP contribution in [0, 0.1) is 0 Å². The monoisotopic (exact) mass is 177 g/mol. The Morgan fingerprint density at radius 2 is 2.00 bits per heavy atom. The standard InChI is InChI=1S/C6H13N2O2S/c1-11(9,10)8-5-2-3-7-4-6-8/h2-6H2,1H3. The van der Waals surface area contributed by atoms with Gasteiger partial charge in [0.05, 0.1) is 6.26 Å². The lowest BCUT2D eigenvalue weighted by Crippen LogP contribution is -2.32. The van der Waals surface area contributed by atoms with Gasteiger partial charge in [0.2, 0.25) is 10.0 Å². The molecule has 0 N–H and O–H groups in total. The smallest absolute Gasteiger partial charge is 0.211 e. The fourth-order valence-electron chi connectivity index (χ4n) is 1.10. The SMILES string of the molecule is CS(=O)(=O)N1CCC[N]CC1. The van der Waals surface area contributed by atoms with Gasteiger partial charge >= 0.3 is 0 Å². The largest absolute Gasteiger partial charge is 0.240 e. The zero-order valence-electron chi connectivity index (χ0n) is 6.65. The molecule has 0 aliphatic carbocycles. The summed E-state index contributed by atoms with van der Waals surface area (Å²) in [4.78, 5) is 0. The molecule has 1 heterocycles. The Bertz CT molecular complexity index is 205. The second kappa shape index (κ2) is 3.51. The lowest BCUT2D eigenvalue weighted by Gasteiger charge is -2.15. The molecule has 0 aromatic rings. The Labute approximate surface area is 67.6 Å². The van der Waals surface area contributed by atoms with Gasteiger partial charge in [0.1, 0.15) is 0 Å². The third kappa shape index (κ3) is 2.76. The van der Waals surface area contributed by atoms with Crippen LogP contribution in [0.25, 0.3) is 0 Å². The summed E-state index contributed by atoms with van der Waals surface area (Å²) in [5.41, 5.74) is 0. The van der Waals surface area contributed by atoms with Crippen molar-refractivity contribution in [3.63, 3.8) is 0 Å². The van der Waals surface area contributed by atoms with Crippen molar-refractivity contribution in [2.75, 3.05) is 32.4 Å². The highest BCUT2D eigenvalue weighted by Crippen LogP contribution is 2.01. The minimum atomic E-state index is -2.98. The van der Waals surface area contributed by atoms with E-state index in [1.165, 1.54) is 10.6 Å². The molecule has 1 aliphatic heterocycles. The molecule has 1 rings (SSSR count). The first-order valence-electron chi connectivity index (χ1n) is 3.69. The number of sulfonamides is 1. The van der Waals surface area contributed by atoms with Crippen molar-refractivity contribution in [1.82, 2.24) is 9.62 Å². The van der Waals surface area contributed by atoms with Crippen LogP contribution in [0.2, 0.25) is 0 Å². The highest BCUT2D eigenvalue weighted by Gasteiger charge is 2.17. The minimum absolute atomic E-state index is 0.554. The number of hydrogen-bond acceptors (Lipinski definition) is 2. The third-order valence-electron chi connectivity index (χ3n) is 1.70. The van der Waals surface area contributed by atoms with E-state index in [1.807, 2.05) is 0 Å². The normalized spacial score (nSPS) is 23.0. The van der Waals surface area contributed by atoms with Gasteiger partial charge in [0.25, 0.3) is 0 Å². The Balaban J connectivity index is 2.57. The first-order valence-corrected chi connectivity index (χ1v) is 5.54. The minimum Gasteiger partial charge on any atom is -0.240 e. The number of hydrogen-bond donors (Lipinski definition) is 0. The van der Waals surface area contributed by atoms with E-state index in [1.54, 1.807) is 0 Å².